The maximum absolute atomic E-state index is 13.9. The molecular weight excluding hydrogens is 555 g/mol. The lowest BCUT2D eigenvalue weighted by Crippen LogP contribution is -2.43. The van der Waals surface area contributed by atoms with Gasteiger partial charge in [-0.2, -0.15) is 0 Å². The second-order valence-corrected chi connectivity index (χ2v) is 12.1. The first-order chi connectivity index (χ1) is 20.7. The number of benzene rings is 4. The highest BCUT2D eigenvalue weighted by molar-refractivity contribution is 5.62. The lowest BCUT2D eigenvalue weighted by atomic mass is 9.50. The quantitative estimate of drug-likeness (QED) is 0.187. The largest absolute Gasteiger partial charge is 0.455 e. The van der Waals surface area contributed by atoms with Gasteiger partial charge >= 0.3 is 0 Å². The summed E-state index contributed by atoms with van der Waals surface area (Å²) in [7, 11) is 0. The van der Waals surface area contributed by atoms with Crippen LogP contribution >= 0.6 is 0 Å². The monoisotopic (exact) mass is 587 g/mol. The molecule has 0 spiro atoms. The minimum atomic E-state index is -0.506. The molecule has 4 aliphatic carbocycles. The third-order valence-electron chi connectivity index (χ3n) is 9.24. The topological polar surface area (TPSA) is 106 Å². The van der Waals surface area contributed by atoms with Gasteiger partial charge in [0.05, 0.1) is 17.1 Å². The van der Waals surface area contributed by atoms with E-state index in [1.165, 1.54) is 55.0 Å². The minimum Gasteiger partial charge on any atom is -0.455 e. The Balaban J connectivity index is 1.38. The molecule has 6 N–H and O–H groups in total. The summed E-state index contributed by atoms with van der Waals surface area (Å²) >= 11 is 0. The van der Waals surface area contributed by atoms with Crippen molar-refractivity contribution in [3.63, 3.8) is 0 Å². The van der Waals surface area contributed by atoms with E-state index in [2.05, 4.69) is 0 Å². The van der Waals surface area contributed by atoms with Gasteiger partial charge in [0.25, 0.3) is 0 Å². The van der Waals surface area contributed by atoms with Crippen LogP contribution in [0, 0.1) is 41.1 Å². The number of halogens is 3. The summed E-state index contributed by atoms with van der Waals surface area (Å²) in [6, 6.07) is 15.3. The Kier molecular flexibility index (Phi) is 6.75. The Morgan fingerprint density at radius 2 is 0.860 bits per heavy atom. The van der Waals surface area contributed by atoms with Gasteiger partial charge in [-0.1, -0.05) is 0 Å². The second-order valence-electron chi connectivity index (χ2n) is 12.1. The molecule has 8 rings (SSSR count). The molecule has 6 nitrogen and oxygen atoms in total. The van der Waals surface area contributed by atoms with Gasteiger partial charge in [-0.15, -0.1) is 0 Å². The summed E-state index contributed by atoms with van der Waals surface area (Å²) in [6.45, 7) is 0. The molecule has 0 radical (unpaired) electrons. The van der Waals surface area contributed by atoms with E-state index in [9.17, 15) is 13.2 Å². The molecule has 0 unspecified atom stereocenters. The second kappa shape index (κ2) is 10.6. The molecule has 4 saturated carbocycles. The van der Waals surface area contributed by atoms with E-state index in [1.54, 1.807) is 6.07 Å². The van der Waals surface area contributed by atoms with Crippen molar-refractivity contribution in [1.82, 2.24) is 0 Å². The van der Waals surface area contributed by atoms with Crippen LogP contribution in [0.3, 0.4) is 0 Å². The fraction of sp³-hybridized carbons (Fsp3) is 0.294. The highest BCUT2D eigenvalue weighted by Gasteiger charge is 2.49. The molecule has 0 amide bonds. The number of anilines is 3. The van der Waals surface area contributed by atoms with Gasteiger partial charge in [0.2, 0.25) is 0 Å². The highest BCUT2D eigenvalue weighted by Crippen LogP contribution is 2.62. The molecule has 4 bridgehead atoms. The molecule has 43 heavy (non-hydrogen) atoms. The Bertz CT molecular complexity index is 1680. The third-order valence-corrected chi connectivity index (χ3v) is 9.24. The van der Waals surface area contributed by atoms with Crippen LogP contribution in [0.1, 0.15) is 43.6 Å². The molecule has 0 saturated heterocycles. The predicted octanol–water partition coefficient (Wildman–Crippen LogP) is 8.77. The van der Waals surface area contributed by atoms with Crippen molar-refractivity contribution in [3.8, 4) is 34.5 Å². The zero-order chi connectivity index (χ0) is 29.8. The fourth-order valence-corrected chi connectivity index (χ4v) is 7.69. The molecule has 4 aliphatic rings. The molecule has 0 atom stereocenters. The summed E-state index contributed by atoms with van der Waals surface area (Å²) in [4.78, 5) is 0. The van der Waals surface area contributed by atoms with Crippen LogP contribution in [0.2, 0.25) is 0 Å². The highest BCUT2D eigenvalue weighted by atomic mass is 19.1. The Morgan fingerprint density at radius 1 is 0.465 bits per heavy atom. The molecular formula is C34H32F3N3O3. The van der Waals surface area contributed by atoms with Gasteiger partial charge in [0.1, 0.15) is 23.2 Å². The van der Waals surface area contributed by atoms with Crippen LogP contribution in [0.15, 0.2) is 66.7 Å². The van der Waals surface area contributed by atoms with E-state index in [4.69, 9.17) is 31.4 Å². The molecule has 0 heterocycles. The molecule has 0 aliphatic heterocycles. The van der Waals surface area contributed by atoms with Crippen molar-refractivity contribution in [1.29, 1.82) is 0 Å². The zero-order valence-electron chi connectivity index (χ0n) is 23.4. The van der Waals surface area contributed by atoms with Crippen LogP contribution < -0.4 is 31.4 Å². The Labute approximate surface area is 247 Å². The smallest absolute Gasteiger partial charge is 0.173 e. The Hall–Kier alpha value is -4.53. The third kappa shape index (κ3) is 5.28. The van der Waals surface area contributed by atoms with Crippen molar-refractivity contribution in [2.45, 2.75) is 38.0 Å². The summed E-state index contributed by atoms with van der Waals surface area (Å²) in [6.07, 6.45) is 5.92. The van der Waals surface area contributed by atoms with Gasteiger partial charge in [-0.05, 0) is 104 Å². The minimum absolute atomic E-state index is 0.0857. The standard InChI is InChI=1S/C34H32F3N3O3/c35-21-1-4-28(25(38)12-21)41-31-16-33(43-30-6-3-23(37)14-27(30)40)32(42-29-5-2-22(36)13-26(29)39)15-24(31)34-19-8-17-7-18(10-19)11-20(34)9-17/h1-6,12-20,34H,7-11,38-40H2. The van der Waals surface area contributed by atoms with Crippen molar-refractivity contribution in [2.75, 3.05) is 17.2 Å². The molecule has 0 aromatic heterocycles. The van der Waals surface area contributed by atoms with E-state index in [1.807, 2.05) is 6.07 Å². The SMILES string of the molecule is Nc1cc(F)ccc1Oc1cc(Oc2ccc(F)cc2N)c(C2C3CC4CC(C3)CC2C4)cc1Oc1ccc(F)cc1N. The molecule has 9 heteroatoms. The summed E-state index contributed by atoms with van der Waals surface area (Å²) in [5.74, 6) is 2.94. The van der Waals surface area contributed by atoms with Crippen LogP contribution in [0.5, 0.6) is 34.5 Å². The molecule has 4 fully saturated rings. The zero-order valence-corrected chi connectivity index (χ0v) is 23.4. The van der Waals surface area contributed by atoms with Crippen LogP contribution in [-0.4, -0.2) is 0 Å². The average molecular weight is 588 g/mol. The predicted molar refractivity (Wildman–Crippen MR) is 159 cm³/mol. The first kappa shape index (κ1) is 27.3. The first-order valence-corrected chi connectivity index (χ1v) is 14.6. The maximum Gasteiger partial charge on any atom is 0.173 e. The molecule has 4 aromatic carbocycles. The van der Waals surface area contributed by atoms with Gasteiger partial charge in [-0.25, -0.2) is 13.2 Å². The molecule has 4 aromatic rings. The van der Waals surface area contributed by atoms with Crippen molar-refractivity contribution >= 4 is 17.1 Å². The number of hydrogen-bond donors (Lipinski definition) is 3. The van der Waals surface area contributed by atoms with Crippen LogP contribution in [0.4, 0.5) is 30.2 Å². The average Bonchev–Trinajstić information content (AvgIpc) is 2.94. The van der Waals surface area contributed by atoms with E-state index in [0.717, 1.165) is 49.1 Å². The van der Waals surface area contributed by atoms with Crippen molar-refractivity contribution < 1.29 is 27.4 Å². The van der Waals surface area contributed by atoms with Gasteiger partial charge in [0.15, 0.2) is 28.7 Å². The number of hydrogen-bond acceptors (Lipinski definition) is 6. The van der Waals surface area contributed by atoms with Gasteiger partial charge in [0, 0.05) is 29.8 Å². The number of nitrogens with two attached hydrogens (primary N) is 3. The lowest BCUT2D eigenvalue weighted by Gasteiger charge is -2.54. The molecule has 222 valence electrons. The number of rotatable bonds is 7. The van der Waals surface area contributed by atoms with Crippen LogP contribution in [0.25, 0.3) is 0 Å². The summed E-state index contributed by atoms with van der Waals surface area (Å²) < 4.78 is 60.6. The van der Waals surface area contributed by atoms with Crippen molar-refractivity contribution in [2.24, 2.45) is 23.7 Å². The fourth-order valence-electron chi connectivity index (χ4n) is 7.69. The summed E-state index contributed by atoms with van der Waals surface area (Å²) in [5.41, 5.74) is 19.6. The first-order valence-electron chi connectivity index (χ1n) is 14.6. The van der Waals surface area contributed by atoms with E-state index in [0.29, 0.717) is 29.1 Å². The lowest BCUT2D eigenvalue weighted by molar-refractivity contribution is -0.00341. The normalized spacial score (nSPS) is 23.7. The number of ether oxygens (including phenoxy) is 3. The van der Waals surface area contributed by atoms with E-state index >= 15 is 0 Å². The van der Waals surface area contributed by atoms with Crippen LogP contribution in [-0.2, 0) is 0 Å². The maximum atomic E-state index is 13.9. The van der Waals surface area contributed by atoms with Crippen molar-refractivity contribution in [3.05, 3.63) is 89.7 Å². The summed E-state index contributed by atoms with van der Waals surface area (Å²) in [5, 5.41) is 0. The number of nitrogen functional groups attached to an aromatic ring is 3. The van der Waals surface area contributed by atoms with Gasteiger partial charge in [-0.3, -0.25) is 0 Å². The van der Waals surface area contributed by atoms with E-state index < -0.39 is 17.5 Å². The van der Waals surface area contributed by atoms with E-state index in [-0.39, 0.29) is 40.2 Å². The Morgan fingerprint density at radius 3 is 1.28 bits per heavy atom. The van der Waals surface area contributed by atoms with Gasteiger partial charge < -0.3 is 31.4 Å².